The van der Waals surface area contributed by atoms with Crippen LogP contribution in [0.15, 0.2) is 24.3 Å². The monoisotopic (exact) mass is 244 g/mol. The van der Waals surface area contributed by atoms with Crippen LogP contribution in [0.2, 0.25) is 0 Å². The molecule has 1 aliphatic rings. The van der Waals surface area contributed by atoms with Crippen molar-refractivity contribution in [1.82, 2.24) is 0 Å². The molecule has 0 amide bonds. The van der Waals surface area contributed by atoms with E-state index in [0.717, 1.165) is 25.2 Å². The Hall–Kier alpha value is -1.79. The van der Waals surface area contributed by atoms with Gasteiger partial charge in [0.1, 0.15) is 0 Å². The SMILES string of the molecule is CCC1(C#Cc2ccc(C(=O)OC)cc2)COC1. The highest BCUT2D eigenvalue weighted by Gasteiger charge is 2.34. The summed E-state index contributed by atoms with van der Waals surface area (Å²) in [7, 11) is 1.37. The van der Waals surface area contributed by atoms with Crippen LogP contribution in [0.1, 0.15) is 29.3 Å². The molecule has 0 spiro atoms. The molecule has 1 saturated heterocycles. The third-order valence-electron chi connectivity index (χ3n) is 3.21. The minimum Gasteiger partial charge on any atom is -0.465 e. The molecule has 18 heavy (non-hydrogen) atoms. The van der Waals surface area contributed by atoms with Gasteiger partial charge in [-0.15, -0.1) is 0 Å². The lowest BCUT2D eigenvalue weighted by Gasteiger charge is -2.35. The van der Waals surface area contributed by atoms with Gasteiger partial charge in [0.25, 0.3) is 0 Å². The molecule has 0 radical (unpaired) electrons. The smallest absolute Gasteiger partial charge is 0.337 e. The Morgan fingerprint density at radius 1 is 1.39 bits per heavy atom. The van der Waals surface area contributed by atoms with Gasteiger partial charge in [0.2, 0.25) is 0 Å². The summed E-state index contributed by atoms with van der Waals surface area (Å²) in [6.45, 7) is 3.56. The number of rotatable bonds is 2. The summed E-state index contributed by atoms with van der Waals surface area (Å²) in [5.74, 6) is 6.08. The molecule has 0 N–H and O–H groups in total. The molecular weight excluding hydrogens is 228 g/mol. The van der Waals surface area contributed by atoms with Crippen molar-refractivity contribution in [3.63, 3.8) is 0 Å². The van der Waals surface area contributed by atoms with Crippen LogP contribution in [0, 0.1) is 17.3 Å². The molecule has 1 fully saturated rings. The zero-order chi connectivity index (χ0) is 13.0. The average molecular weight is 244 g/mol. The summed E-state index contributed by atoms with van der Waals surface area (Å²) in [5, 5.41) is 0. The van der Waals surface area contributed by atoms with Crippen molar-refractivity contribution in [3.05, 3.63) is 35.4 Å². The van der Waals surface area contributed by atoms with E-state index in [1.54, 1.807) is 12.1 Å². The summed E-state index contributed by atoms with van der Waals surface area (Å²) in [6, 6.07) is 7.13. The lowest BCUT2D eigenvalue weighted by molar-refractivity contribution is -0.0775. The van der Waals surface area contributed by atoms with E-state index in [1.165, 1.54) is 7.11 Å². The molecule has 1 heterocycles. The number of hydrogen-bond acceptors (Lipinski definition) is 3. The summed E-state index contributed by atoms with van der Waals surface area (Å²) in [4.78, 5) is 11.3. The van der Waals surface area contributed by atoms with Gasteiger partial charge in [-0.2, -0.15) is 0 Å². The lowest BCUT2D eigenvalue weighted by Crippen LogP contribution is -2.40. The second-order valence-electron chi connectivity index (χ2n) is 4.45. The first-order valence-corrected chi connectivity index (χ1v) is 5.98. The maximum atomic E-state index is 11.3. The molecule has 0 bridgehead atoms. The molecule has 3 nitrogen and oxygen atoms in total. The van der Waals surface area contributed by atoms with Crippen molar-refractivity contribution in [1.29, 1.82) is 0 Å². The van der Waals surface area contributed by atoms with Crippen LogP contribution in [0.25, 0.3) is 0 Å². The predicted molar refractivity (Wildman–Crippen MR) is 68.2 cm³/mol. The Morgan fingerprint density at radius 3 is 2.50 bits per heavy atom. The van der Waals surface area contributed by atoms with Crippen LogP contribution in [0.5, 0.6) is 0 Å². The standard InChI is InChI=1S/C15H16O3/c1-3-15(10-18-11-15)9-8-12-4-6-13(7-5-12)14(16)17-2/h4-7H,3,10-11H2,1-2H3. The lowest BCUT2D eigenvalue weighted by atomic mass is 9.84. The van der Waals surface area contributed by atoms with Crippen LogP contribution in [0.4, 0.5) is 0 Å². The van der Waals surface area contributed by atoms with Crippen LogP contribution >= 0.6 is 0 Å². The molecule has 2 rings (SSSR count). The number of hydrogen-bond donors (Lipinski definition) is 0. The average Bonchev–Trinajstić information content (AvgIpc) is 2.38. The second kappa shape index (κ2) is 5.24. The number of benzene rings is 1. The van der Waals surface area contributed by atoms with Crippen LogP contribution < -0.4 is 0 Å². The van der Waals surface area contributed by atoms with Crippen molar-refractivity contribution >= 4 is 5.97 Å². The quantitative estimate of drug-likeness (QED) is 0.591. The number of carbonyl (C=O) groups is 1. The molecule has 0 aromatic heterocycles. The van der Waals surface area contributed by atoms with E-state index in [9.17, 15) is 4.79 Å². The first kappa shape index (κ1) is 12.7. The minimum absolute atomic E-state index is 0.0288. The molecule has 1 aromatic carbocycles. The first-order valence-electron chi connectivity index (χ1n) is 5.98. The zero-order valence-corrected chi connectivity index (χ0v) is 10.7. The number of ether oxygens (including phenoxy) is 2. The highest BCUT2D eigenvalue weighted by Crippen LogP contribution is 2.30. The van der Waals surface area contributed by atoms with Crippen molar-refractivity contribution in [3.8, 4) is 11.8 Å². The van der Waals surface area contributed by atoms with Gasteiger partial charge in [0.15, 0.2) is 0 Å². The van der Waals surface area contributed by atoms with Gasteiger partial charge >= 0.3 is 5.97 Å². The molecule has 0 atom stereocenters. The topological polar surface area (TPSA) is 35.5 Å². The largest absolute Gasteiger partial charge is 0.465 e. The maximum absolute atomic E-state index is 11.3. The van der Waals surface area contributed by atoms with E-state index in [-0.39, 0.29) is 11.4 Å². The van der Waals surface area contributed by atoms with E-state index in [2.05, 4.69) is 23.5 Å². The van der Waals surface area contributed by atoms with Crippen LogP contribution in [-0.4, -0.2) is 26.3 Å². The minimum atomic E-state index is -0.327. The van der Waals surface area contributed by atoms with Gasteiger partial charge in [-0.3, -0.25) is 0 Å². The summed E-state index contributed by atoms with van der Waals surface area (Å²) in [5.41, 5.74) is 1.48. The zero-order valence-electron chi connectivity index (χ0n) is 10.7. The third-order valence-corrected chi connectivity index (χ3v) is 3.21. The molecule has 94 valence electrons. The fourth-order valence-electron chi connectivity index (χ4n) is 1.73. The summed E-state index contributed by atoms with van der Waals surface area (Å²) < 4.78 is 9.86. The fourth-order valence-corrected chi connectivity index (χ4v) is 1.73. The molecule has 0 unspecified atom stereocenters. The fraction of sp³-hybridized carbons (Fsp3) is 0.400. The molecule has 1 aliphatic heterocycles. The third kappa shape index (κ3) is 2.55. The number of esters is 1. The molecule has 3 heteroatoms. The van der Waals surface area contributed by atoms with E-state index in [1.807, 2.05) is 12.1 Å². The molecule has 1 aromatic rings. The van der Waals surface area contributed by atoms with Crippen LogP contribution in [-0.2, 0) is 9.47 Å². The predicted octanol–water partition coefficient (Wildman–Crippen LogP) is 2.25. The summed E-state index contributed by atoms with van der Waals surface area (Å²) >= 11 is 0. The highest BCUT2D eigenvalue weighted by molar-refractivity contribution is 5.89. The van der Waals surface area contributed by atoms with E-state index in [4.69, 9.17) is 4.74 Å². The molecule has 0 aliphatic carbocycles. The van der Waals surface area contributed by atoms with Gasteiger partial charge in [0.05, 0.1) is 31.3 Å². The van der Waals surface area contributed by atoms with Crippen molar-refractivity contribution in [2.45, 2.75) is 13.3 Å². The van der Waals surface area contributed by atoms with E-state index < -0.39 is 0 Å². The molecular formula is C15H16O3. The molecule has 0 saturated carbocycles. The summed E-state index contributed by atoms with van der Waals surface area (Å²) in [6.07, 6.45) is 1.00. The van der Waals surface area contributed by atoms with Crippen molar-refractivity contribution in [2.75, 3.05) is 20.3 Å². The Bertz CT molecular complexity index is 481. The van der Waals surface area contributed by atoms with Gasteiger partial charge in [0, 0.05) is 5.56 Å². The van der Waals surface area contributed by atoms with E-state index in [0.29, 0.717) is 5.56 Å². The van der Waals surface area contributed by atoms with Crippen molar-refractivity contribution in [2.24, 2.45) is 5.41 Å². The first-order chi connectivity index (χ1) is 8.69. The van der Waals surface area contributed by atoms with Crippen molar-refractivity contribution < 1.29 is 14.3 Å². The van der Waals surface area contributed by atoms with Gasteiger partial charge < -0.3 is 9.47 Å². The number of methoxy groups -OCH3 is 1. The van der Waals surface area contributed by atoms with Gasteiger partial charge in [-0.05, 0) is 30.7 Å². The van der Waals surface area contributed by atoms with Crippen LogP contribution in [0.3, 0.4) is 0 Å². The Balaban J connectivity index is 2.11. The highest BCUT2D eigenvalue weighted by atomic mass is 16.5. The Kier molecular flexibility index (Phi) is 3.69. The van der Waals surface area contributed by atoms with E-state index >= 15 is 0 Å². The van der Waals surface area contributed by atoms with Gasteiger partial charge in [-0.25, -0.2) is 4.79 Å². The Morgan fingerprint density at radius 2 is 2.06 bits per heavy atom. The Labute approximate surface area is 107 Å². The number of carbonyl (C=O) groups excluding carboxylic acids is 1. The maximum Gasteiger partial charge on any atom is 0.337 e. The van der Waals surface area contributed by atoms with Gasteiger partial charge in [-0.1, -0.05) is 18.8 Å². The second-order valence-corrected chi connectivity index (χ2v) is 4.45. The normalized spacial score (nSPS) is 16.1.